The standard InChI is InChI=1S/C24H21FN2O4/c25-23-17(14-31-21-6-2-1-4-16(21)12-22(28)29)11-20(24-19(23)5-3-9-30-24)15-7-8-27-18(10-15)13-26/h1-8,10-11H,9,12-14,26H2,(H,28,29). The van der Waals surface area contributed by atoms with Crippen molar-refractivity contribution < 1.29 is 23.8 Å². The number of aromatic nitrogens is 1. The Labute approximate surface area is 178 Å². The third kappa shape index (κ3) is 4.41. The number of halogens is 1. The van der Waals surface area contributed by atoms with Crippen molar-refractivity contribution in [3.63, 3.8) is 0 Å². The molecule has 1 aliphatic heterocycles. The fourth-order valence-corrected chi connectivity index (χ4v) is 3.51. The number of pyridine rings is 1. The molecule has 4 rings (SSSR count). The minimum Gasteiger partial charge on any atom is -0.488 e. The van der Waals surface area contributed by atoms with Gasteiger partial charge in [0.1, 0.15) is 30.5 Å². The summed E-state index contributed by atoms with van der Waals surface area (Å²) in [5.74, 6) is -0.526. The summed E-state index contributed by atoms with van der Waals surface area (Å²) < 4.78 is 26.9. The number of nitrogens with two attached hydrogens (primary N) is 1. The van der Waals surface area contributed by atoms with Crippen LogP contribution in [0.1, 0.15) is 22.4 Å². The second-order valence-corrected chi connectivity index (χ2v) is 7.06. The number of aliphatic carboxylic acids is 1. The van der Waals surface area contributed by atoms with Crippen molar-refractivity contribution in [3.05, 3.63) is 82.9 Å². The number of hydrogen-bond donors (Lipinski definition) is 2. The van der Waals surface area contributed by atoms with Gasteiger partial charge in [-0.2, -0.15) is 0 Å². The predicted octanol–water partition coefficient (Wildman–Crippen LogP) is 3.96. The van der Waals surface area contributed by atoms with Gasteiger partial charge in [0.05, 0.1) is 17.7 Å². The summed E-state index contributed by atoms with van der Waals surface area (Å²) in [6.45, 7) is 0.576. The molecule has 2 aromatic carbocycles. The molecule has 6 nitrogen and oxygen atoms in total. The van der Waals surface area contributed by atoms with Crippen molar-refractivity contribution in [2.45, 2.75) is 19.6 Å². The molecule has 1 aliphatic rings. The van der Waals surface area contributed by atoms with Gasteiger partial charge in [0.2, 0.25) is 0 Å². The molecule has 158 valence electrons. The van der Waals surface area contributed by atoms with E-state index in [0.717, 1.165) is 11.1 Å². The molecule has 1 aromatic heterocycles. The lowest BCUT2D eigenvalue weighted by molar-refractivity contribution is -0.136. The number of benzene rings is 2. The predicted molar refractivity (Wildman–Crippen MR) is 114 cm³/mol. The van der Waals surface area contributed by atoms with Gasteiger partial charge in [-0.05, 0) is 42.0 Å². The third-order valence-corrected chi connectivity index (χ3v) is 4.97. The minimum absolute atomic E-state index is 0.0641. The topological polar surface area (TPSA) is 94.7 Å². The molecule has 0 saturated heterocycles. The van der Waals surface area contributed by atoms with Gasteiger partial charge in [0.25, 0.3) is 0 Å². The number of para-hydroxylation sites is 1. The van der Waals surface area contributed by atoms with Gasteiger partial charge in [0, 0.05) is 29.4 Å². The highest BCUT2D eigenvalue weighted by Crippen LogP contribution is 2.39. The van der Waals surface area contributed by atoms with Crippen LogP contribution in [0, 0.1) is 5.82 Å². The van der Waals surface area contributed by atoms with Crippen molar-refractivity contribution in [1.82, 2.24) is 4.98 Å². The molecule has 0 aliphatic carbocycles. The van der Waals surface area contributed by atoms with Crippen molar-refractivity contribution in [2.24, 2.45) is 5.73 Å². The van der Waals surface area contributed by atoms with Gasteiger partial charge in [0.15, 0.2) is 0 Å². The molecule has 7 heteroatoms. The van der Waals surface area contributed by atoms with E-state index in [0.29, 0.717) is 40.5 Å². The molecule has 2 heterocycles. The molecule has 3 N–H and O–H groups in total. The number of carbonyl (C=O) groups is 1. The smallest absolute Gasteiger partial charge is 0.307 e. The van der Waals surface area contributed by atoms with Gasteiger partial charge in [-0.3, -0.25) is 9.78 Å². The molecule has 31 heavy (non-hydrogen) atoms. The number of carboxylic acids is 1. The largest absolute Gasteiger partial charge is 0.488 e. The van der Waals surface area contributed by atoms with Crippen molar-refractivity contribution in [2.75, 3.05) is 6.61 Å². The Kier molecular flexibility index (Phi) is 5.95. The molecule has 0 spiro atoms. The van der Waals surface area contributed by atoms with E-state index in [1.165, 1.54) is 0 Å². The van der Waals surface area contributed by atoms with Crippen LogP contribution in [-0.2, 0) is 24.4 Å². The summed E-state index contributed by atoms with van der Waals surface area (Å²) in [4.78, 5) is 15.3. The van der Waals surface area contributed by atoms with Gasteiger partial charge in [-0.15, -0.1) is 0 Å². The molecule has 0 fully saturated rings. The van der Waals surface area contributed by atoms with Gasteiger partial charge >= 0.3 is 5.97 Å². The summed E-state index contributed by atoms with van der Waals surface area (Å²) in [7, 11) is 0. The molecule has 0 atom stereocenters. The highest BCUT2D eigenvalue weighted by molar-refractivity contribution is 5.79. The van der Waals surface area contributed by atoms with Crippen LogP contribution in [0.5, 0.6) is 11.5 Å². The lowest BCUT2D eigenvalue weighted by Gasteiger charge is -2.20. The Hall–Kier alpha value is -3.71. The van der Waals surface area contributed by atoms with E-state index < -0.39 is 11.8 Å². The second-order valence-electron chi connectivity index (χ2n) is 7.06. The first kappa shape index (κ1) is 20.6. The molecule has 0 bridgehead atoms. The Bertz CT molecular complexity index is 1160. The average molecular weight is 420 g/mol. The van der Waals surface area contributed by atoms with Gasteiger partial charge in [-0.1, -0.05) is 18.2 Å². The van der Waals surface area contributed by atoms with Crippen LogP contribution in [-0.4, -0.2) is 22.7 Å². The molecule has 0 amide bonds. The summed E-state index contributed by atoms with van der Waals surface area (Å²) in [5, 5.41) is 9.11. The molecule has 0 radical (unpaired) electrons. The third-order valence-electron chi connectivity index (χ3n) is 4.97. The number of rotatable bonds is 7. The lowest BCUT2D eigenvalue weighted by Crippen LogP contribution is -2.09. The first-order valence-corrected chi connectivity index (χ1v) is 9.79. The van der Waals surface area contributed by atoms with Crippen LogP contribution in [0.25, 0.3) is 17.2 Å². The second kappa shape index (κ2) is 8.97. The number of ether oxygens (including phenoxy) is 2. The lowest BCUT2D eigenvalue weighted by atomic mass is 9.96. The summed E-state index contributed by atoms with van der Waals surface area (Å²) >= 11 is 0. The van der Waals surface area contributed by atoms with Crippen LogP contribution in [0.15, 0.2) is 54.7 Å². The van der Waals surface area contributed by atoms with E-state index in [1.54, 1.807) is 48.7 Å². The summed E-state index contributed by atoms with van der Waals surface area (Å²) in [6, 6.07) is 12.2. The Balaban J connectivity index is 1.72. The number of nitrogens with zero attached hydrogens (tertiary/aromatic N) is 1. The van der Waals surface area contributed by atoms with Crippen LogP contribution >= 0.6 is 0 Å². The first-order valence-electron chi connectivity index (χ1n) is 9.79. The molecule has 3 aromatic rings. The number of fused-ring (bicyclic) bond motifs is 1. The average Bonchev–Trinajstić information content (AvgIpc) is 2.79. The Morgan fingerprint density at radius 3 is 2.87 bits per heavy atom. The zero-order valence-corrected chi connectivity index (χ0v) is 16.7. The van der Waals surface area contributed by atoms with Crippen LogP contribution < -0.4 is 15.2 Å². The highest BCUT2D eigenvalue weighted by Gasteiger charge is 2.22. The van der Waals surface area contributed by atoms with Crippen molar-refractivity contribution >= 4 is 12.0 Å². The fraction of sp³-hybridized carbons (Fsp3) is 0.167. The van der Waals surface area contributed by atoms with Crippen LogP contribution in [0.2, 0.25) is 0 Å². The quantitative estimate of drug-likeness (QED) is 0.601. The van der Waals surface area contributed by atoms with Gasteiger partial charge in [-0.25, -0.2) is 4.39 Å². The maximum atomic E-state index is 15.3. The molecular formula is C24H21FN2O4. The van der Waals surface area contributed by atoms with Crippen molar-refractivity contribution in [3.8, 4) is 22.6 Å². The van der Waals surface area contributed by atoms with E-state index in [2.05, 4.69) is 4.98 Å². The Morgan fingerprint density at radius 1 is 1.23 bits per heavy atom. The van der Waals surface area contributed by atoms with Gasteiger partial charge < -0.3 is 20.3 Å². The first-order chi connectivity index (χ1) is 15.1. The number of hydrogen-bond acceptors (Lipinski definition) is 5. The fourth-order valence-electron chi connectivity index (χ4n) is 3.51. The van der Waals surface area contributed by atoms with Crippen molar-refractivity contribution in [1.29, 1.82) is 0 Å². The van der Waals surface area contributed by atoms with E-state index in [4.69, 9.17) is 20.3 Å². The Morgan fingerprint density at radius 2 is 2.06 bits per heavy atom. The van der Waals surface area contributed by atoms with E-state index in [-0.39, 0.29) is 19.6 Å². The van der Waals surface area contributed by atoms with E-state index >= 15 is 4.39 Å². The molecule has 0 unspecified atom stereocenters. The monoisotopic (exact) mass is 420 g/mol. The minimum atomic E-state index is -0.964. The molecular weight excluding hydrogens is 399 g/mol. The van der Waals surface area contributed by atoms with Crippen LogP contribution in [0.3, 0.4) is 0 Å². The maximum absolute atomic E-state index is 15.3. The normalized spacial score (nSPS) is 12.2. The van der Waals surface area contributed by atoms with E-state index in [1.807, 2.05) is 12.1 Å². The molecule has 0 saturated carbocycles. The van der Waals surface area contributed by atoms with E-state index in [9.17, 15) is 4.79 Å². The maximum Gasteiger partial charge on any atom is 0.307 e. The highest BCUT2D eigenvalue weighted by atomic mass is 19.1. The van der Waals surface area contributed by atoms with Crippen LogP contribution in [0.4, 0.5) is 4.39 Å². The number of carboxylic acid groups (broad SMARTS) is 1. The zero-order chi connectivity index (χ0) is 21.8. The summed E-state index contributed by atoms with van der Waals surface area (Å²) in [5.41, 5.74) is 9.18. The summed E-state index contributed by atoms with van der Waals surface area (Å²) in [6.07, 6.45) is 4.93. The SMILES string of the molecule is NCc1cc(-c2cc(COc3ccccc3CC(=O)O)c(F)c3c2OCC=C3)ccn1. The zero-order valence-electron chi connectivity index (χ0n) is 16.7.